The van der Waals surface area contributed by atoms with E-state index >= 15 is 0 Å². The molecule has 0 bridgehead atoms. The van der Waals surface area contributed by atoms with E-state index in [2.05, 4.69) is 15.0 Å². The molecule has 1 aromatic carbocycles. The van der Waals surface area contributed by atoms with Crippen molar-refractivity contribution < 1.29 is 9.90 Å². The first-order valence-corrected chi connectivity index (χ1v) is 7.11. The van der Waals surface area contributed by atoms with Crippen molar-refractivity contribution >= 4 is 23.5 Å². The molecule has 1 aromatic heterocycles. The van der Waals surface area contributed by atoms with Crippen molar-refractivity contribution in [3.63, 3.8) is 0 Å². The third-order valence-corrected chi connectivity index (χ3v) is 3.79. The number of nitrogens with zero attached hydrogens (tertiary/aromatic N) is 3. The summed E-state index contributed by atoms with van der Waals surface area (Å²) >= 11 is 6.32. The highest BCUT2D eigenvalue weighted by molar-refractivity contribution is 6.31. The minimum Gasteiger partial charge on any atom is -0.463 e. The molecule has 22 heavy (non-hydrogen) atoms. The SMILES string of the molecule is NC(=NC(=O)O)c1cc(-c2ccc(C3CC3)c(Cl)c2)ncn1. The molecule has 0 aliphatic heterocycles. The van der Waals surface area contributed by atoms with Crippen molar-refractivity contribution in [1.82, 2.24) is 9.97 Å². The molecule has 1 heterocycles. The zero-order valence-corrected chi connectivity index (χ0v) is 12.3. The summed E-state index contributed by atoms with van der Waals surface area (Å²) in [6, 6.07) is 7.39. The van der Waals surface area contributed by atoms with Crippen LogP contribution in [0, 0.1) is 0 Å². The van der Waals surface area contributed by atoms with Crippen LogP contribution in [0.25, 0.3) is 11.3 Å². The van der Waals surface area contributed by atoms with Crippen molar-refractivity contribution in [1.29, 1.82) is 0 Å². The third-order valence-electron chi connectivity index (χ3n) is 3.46. The quantitative estimate of drug-likeness (QED) is 0.669. The van der Waals surface area contributed by atoms with Crippen LogP contribution in [0.3, 0.4) is 0 Å². The van der Waals surface area contributed by atoms with Crippen LogP contribution in [-0.4, -0.2) is 27.0 Å². The fourth-order valence-corrected chi connectivity index (χ4v) is 2.56. The summed E-state index contributed by atoms with van der Waals surface area (Å²) in [4.78, 5) is 21.9. The molecular weight excluding hydrogens is 304 g/mol. The number of nitrogens with two attached hydrogens (primary N) is 1. The highest BCUT2D eigenvalue weighted by Crippen LogP contribution is 2.43. The van der Waals surface area contributed by atoms with Gasteiger partial charge in [-0.3, -0.25) is 0 Å². The first-order chi connectivity index (χ1) is 10.5. The lowest BCUT2D eigenvalue weighted by Gasteiger charge is -2.07. The van der Waals surface area contributed by atoms with Crippen molar-refractivity contribution in [3.8, 4) is 11.3 Å². The average Bonchev–Trinajstić information content (AvgIpc) is 3.31. The van der Waals surface area contributed by atoms with E-state index in [-0.39, 0.29) is 11.5 Å². The van der Waals surface area contributed by atoms with Crippen LogP contribution in [0.4, 0.5) is 4.79 Å². The minimum absolute atomic E-state index is 0.170. The maximum Gasteiger partial charge on any atom is 0.433 e. The van der Waals surface area contributed by atoms with Gasteiger partial charge in [0.15, 0.2) is 5.84 Å². The number of amides is 1. The highest BCUT2D eigenvalue weighted by atomic mass is 35.5. The topological polar surface area (TPSA) is 101 Å². The van der Waals surface area contributed by atoms with Crippen LogP contribution >= 0.6 is 11.6 Å². The second-order valence-corrected chi connectivity index (χ2v) is 5.49. The average molecular weight is 317 g/mol. The number of carbonyl (C=O) groups is 1. The maximum absolute atomic E-state index is 10.6. The number of aromatic nitrogens is 2. The Labute approximate surface area is 131 Å². The van der Waals surface area contributed by atoms with Gasteiger partial charge in [0, 0.05) is 10.6 Å². The van der Waals surface area contributed by atoms with Gasteiger partial charge in [-0.05, 0) is 36.5 Å². The van der Waals surface area contributed by atoms with Crippen LogP contribution in [0.2, 0.25) is 5.02 Å². The van der Waals surface area contributed by atoms with Crippen molar-refractivity contribution in [2.45, 2.75) is 18.8 Å². The van der Waals surface area contributed by atoms with Gasteiger partial charge in [-0.1, -0.05) is 23.7 Å². The normalized spacial score (nSPS) is 14.9. The van der Waals surface area contributed by atoms with Gasteiger partial charge in [0.05, 0.1) is 5.69 Å². The van der Waals surface area contributed by atoms with Gasteiger partial charge < -0.3 is 10.8 Å². The lowest BCUT2D eigenvalue weighted by atomic mass is 10.1. The molecule has 0 radical (unpaired) electrons. The zero-order chi connectivity index (χ0) is 15.7. The fourth-order valence-electron chi connectivity index (χ4n) is 2.23. The van der Waals surface area contributed by atoms with Crippen LogP contribution in [0.5, 0.6) is 0 Å². The summed E-state index contributed by atoms with van der Waals surface area (Å²) in [5.41, 5.74) is 8.45. The summed E-state index contributed by atoms with van der Waals surface area (Å²) in [7, 11) is 0. The monoisotopic (exact) mass is 316 g/mol. The molecule has 2 aromatic rings. The van der Waals surface area contributed by atoms with Crippen molar-refractivity contribution in [3.05, 3.63) is 46.9 Å². The van der Waals surface area contributed by atoms with E-state index in [0.717, 1.165) is 11.1 Å². The van der Waals surface area contributed by atoms with Gasteiger partial charge in [0.2, 0.25) is 0 Å². The number of rotatable bonds is 3. The number of aliphatic imine (C=N–C) groups is 1. The Kier molecular flexibility index (Phi) is 3.77. The van der Waals surface area contributed by atoms with E-state index in [1.165, 1.54) is 19.2 Å². The molecule has 112 valence electrons. The number of hydrogen-bond acceptors (Lipinski definition) is 3. The molecule has 1 aliphatic rings. The minimum atomic E-state index is -1.37. The molecule has 0 saturated heterocycles. The molecule has 0 atom stereocenters. The molecule has 1 fully saturated rings. The second kappa shape index (κ2) is 5.73. The molecule has 7 heteroatoms. The van der Waals surface area contributed by atoms with Gasteiger partial charge in [0.25, 0.3) is 0 Å². The van der Waals surface area contributed by atoms with E-state index in [1.54, 1.807) is 6.07 Å². The van der Waals surface area contributed by atoms with Crippen molar-refractivity contribution in [2.24, 2.45) is 10.7 Å². The molecule has 0 unspecified atom stereocenters. The molecule has 6 nitrogen and oxygen atoms in total. The van der Waals surface area contributed by atoms with Gasteiger partial charge in [-0.15, -0.1) is 0 Å². The summed E-state index contributed by atoms with van der Waals surface area (Å²) in [5, 5.41) is 9.34. The van der Waals surface area contributed by atoms with E-state index in [0.29, 0.717) is 16.6 Å². The maximum atomic E-state index is 10.6. The van der Waals surface area contributed by atoms with E-state index in [9.17, 15) is 4.79 Å². The van der Waals surface area contributed by atoms with E-state index in [1.807, 2.05) is 18.2 Å². The van der Waals surface area contributed by atoms with E-state index < -0.39 is 6.09 Å². The Morgan fingerprint density at radius 3 is 2.73 bits per heavy atom. The van der Waals surface area contributed by atoms with Crippen LogP contribution in [0.15, 0.2) is 35.6 Å². The van der Waals surface area contributed by atoms with Gasteiger partial charge in [0.1, 0.15) is 12.0 Å². The fraction of sp³-hybridized carbons (Fsp3) is 0.200. The molecule has 3 N–H and O–H groups in total. The number of benzene rings is 1. The third kappa shape index (κ3) is 3.07. The number of halogens is 1. The van der Waals surface area contributed by atoms with Crippen LogP contribution in [-0.2, 0) is 0 Å². The van der Waals surface area contributed by atoms with Gasteiger partial charge >= 0.3 is 6.09 Å². The smallest absolute Gasteiger partial charge is 0.433 e. The lowest BCUT2D eigenvalue weighted by molar-refractivity contribution is 0.205. The standard InChI is InChI=1S/C15H13ClN4O2/c16-11-5-9(3-4-10(11)8-1-2-8)12-6-13(19-7-18-12)14(17)20-15(21)22/h3-8H,1-2H2,(H2,17,20)(H,21,22). The highest BCUT2D eigenvalue weighted by Gasteiger charge is 2.25. The van der Waals surface area contributed by atoms with Gasteiger partial charge in [-0.25, -0.2) is 14.8 Å². The summed E-state index contributed by atoms with van der Waals surface area (Å²) in [6.45, 7) is 0. The molecule has 1 amide bonds. The summed E-state index contributed by atoms with van der Waals surface area (Å²) in [5.74, 6) is 0.401. The molecule has 1 aliphatic carbocycles. The Morgan fingerprint density at radius 1 is 1.32 bits per heavy atom. The Morgan fingerprint density at radius 2 is 2.09 bits per heavy atom. The summed E-state index contributed by atoms with van der Waals surface area (Å²) in [6.07, 6.45) is 2.31. The first-order valence-electron chi connectivity index (χ1n) is 6.74. The largest absolute Gasteiger partial charge is 0.463 e. The molecular formula is C15H13ClN4O2. The Bertz CT molecular complexity index is 772. The van der Waals surface area contributed by atoms with Gasteiger partial charge in [-0.2, -0.15) is 4.99 Å². The number of carboxylic acid groups (broad SMARTS) is 1. The van der Waals surface area contributed by atoms with Crippen LogP contribution < -0.4 is 5.73 Å². The first kappa shape index (κ1) is 14.5. The molecule has 0 spiro atoms. The second-order valence-electron chi connectivity index (χ2n) is 5.08. The zero-order valence-electron chi connectivity index (χ0n) is 11.5. The predicted molar refractivity (Wildman–Crippen MR) is 83.2 cm³/mol. The Hall–Kier alpha value is -2.47. The number of amidine groups is 1. The molecule has 1 saturated carbocycles. The number of hydrogen-bond donors (Lipinski definition) is 2. The van der Waals surface area contributed by atoms with Crippen molar-refractivity contribution in [2.75, 3.05) is 0 Å². The van der Waals surface area contributed by atoms with E-state index in [4.69, 9.17) is 22.4 Å². The Balaban J connectivity index is 1.95. The lowest BCUT2D eigenvalue weighted by Crippen LogP contribution is -2.17. The molecule has 3 rings (SSSR count). The summed E-state index contributed by atoms with van der Waals surface area (Å²) < 4.78 is 0. The van der Waals surface area contributed by atoms with Crippen LogP contribution in [0.1, 0.15) is 30.0 Å². The predicted octanol–water partition coefficient (Wildman–Crippen LogP) is 3.06.